The van der Waals surface area contributed by atoms with E-state index in [1.807, 2.05) is 75.4 Å². The van der Waals surface area contributed by atoms with Crippen LogP contribution in [0.2, 0.25) is 0 Å². The summed E-state index contributed by atoms with van der Waals surface area (Å²) in [7, 11) is 0. The minimum atomic E-state index is 0.0690. The third-order valence-corrected chi connectivity index (χ3v) is 2.91. The van der Waals surface area contributed by atoms with Gasteiger partial charge in [-0.25, -0.2) is 0 Å². The Labute approximate surface area is 126 Å². The average Bonchev–Trinajstić information content (AvgIpc) is 2.47. The van der Waals surface area contributed by atoms with E-state index >= 15 is 0 Å². The highest BCUT2D eigenvalue weighted by Gasteiger charge is 2.07. The highest BCUT2D eigenvalue weighted by atomic mass is 16.5. The standard InChI is InChI=1S/C18H23NO2/c1-14(2)20-18-12-8-7-11-17(18)19-13-15(3)21-16-9-5-4-6-10-16/h4-12,14-15,19H,13H2,1-3H3. The highest BCUT2D eigenvalue weighted by Crippen LogP contribution is 2.25. The Hall–Kier alpha value is -2.16. The lowest BCUT2D eigenvalue weighted by Gasteiger charge is -2.19. The molecule has 1 atom stereocenters. The minimum absolute atomic E-state index is 0.0690. The maximum atomic E-state index is 5.85. The van der Waals surface area contributed by atoms with Crippen molar-refractivity contribution in [1.29, 1.82) is 0 Å². The molecule has 2 aromatic carbocycles. The summed E-state index contributed by atoms with van der Waals surface area (Å²) in [6.07, 6.45) is 0.227. The number of ether oxygens (including phenoxy) is 2. The Bertz CT molecular complexity index is 540. The smallest absolute Gasteiger partial charge is 0.142 e. The van der Waals surface area contributed by atoms with Crippen molar-refractivity contribution in [3.8, 4) is 11.5 Å². The summed E-state index contributed by atoms with van der Waals surface area (Å²) in [4.78, 5) is 0. The van der Waals surface area contributed by atoms with Crippen LogP contribution in [0.4, 0.5) is 5.69 Å². The van der Waals surface area contributed by atoms with Crippen LogP contribution >= 0.6 is 0 Å². The van der Waals surface area contributed by atoms with E-state index in [-0.39, 0.29) is 12.2 Å². The molecule has 0 amide bonds. The van der Waals surface area contributed by atoms with Crippen molar-refractivity contribution < 1.29 is 9.47 Å². The molecule has 0 aliphatic carbocycles. The molecular weight excluding hydrogens is 262 g/mol. The van der Waals surface area contributed by atoms with Gasteiger partial charge in [0.2, 0.25) is 0 Å². The van der Waals surface area contributed by atoms with Crippen molar-refractivity contribution in [1.82, 2.24) is 0 Å². The number of rotatable bonds is 7. The number of para-hydroxylation sites is 3. The molecule has 3 heteroatoms. The van der Waals surface area contributed by atoms with Crippen LogP contribution in [-0.4, -0.2) is 18.8 Å². The highest BCUT2D eigenvalue weighted by molar-refractivity contribution is 5.56. The van der Waals surface area contributed by atoms with Gasteiger partial charge in [0.15, 0.2) is 0 Å². The van der Waals surface area contributed by atoms with Crippen LogP contribution in [0.1, 0.15) is 20.8 Å². The summed E-state index contributed by atoms with van der Waals surface area (Å²) in [5.74, 6) is 1.76. The van der Waals surface area contributed by atoms with E-state index < -0.39 is 0 Å². The quantitative estimate of drug-likeness (QED) is 0.820. The van der Waals surface area contributed by atoms with Crippen LogP contribution in [0, 0.1) is 0 Å². The van der Waals surface area contributed by atoms with Gasteiger partial charge in [-0.2, -0.15) is 0 Å². The van der Waals surface area contributed by atoms with Crippen molar-refractivity contribution in [3.63, 3.8) is 0 Å². The largest absolute Gasteiger partial charge is 0.489 e. The molecular formula is C18H23NO2. The molecule has 0 fully saturated rings. The number of hydrogen-bond acceptors (Lipinski definition) is 3. The molecule has 21 heavy (non-hydrogen) atoms. The van der Waals surface area contributed by atoms with E-state index in [1.54, 1.807) is 0 Å². The number of anilines is 1. The van der Waals surface area contributed by atoms with Gasteiger partial charge < -0.3 is 14.8 Å². The minimum Gasteiger partial charge on any atom is -0.489 e. The van der Waals surface area contributed by atoms with E-state index in [2.05, 4.69) is 5.32 Å². The molecule has 0 saturated carbocycles. The molecule has 0 aliphatic rings. The van der Waals surface area contributed by atoms with Crippen molar-refractivity contribution in [2.45, 2.75) is 33.0 Å². The first-order chi connectivity index (χ1) is 10.1. The van der Waals surface area contributed by atoms with Crippen molar-refractivity contribution >= 4 is 5.69 Å². The van der Waals surface area contributed by atoms with Crippen molar-refractivity contribution in [2.75, 3.05) is 11.9 Å². The van der Waals surface area contributed by atoms with Crippen LogP contribution in [0.15, 0.2) is 54.6 Å². The van der Waals surface area contributed by atoms with Crippen LogP contribution in [0.25, 0.3) is 0 Å². The molecule has 0 radical (unpaired) electrons. The summed E-state index contributed by atoms with van der Waals surface area (Å²) in [6, 6.07) is 17.8. The third-order valence-electron chi connectivity index (χ3n) is 2.91. The third kappa shape index (κ3) is 5.03. The molecule has 112 valence electrons. The maximum Gasteiger partial charge on any atom is 0.142 e. The maximum absolute atomic E-state index is 5.85. The molecule has 1 unspecified atom stereocenters. The lowest BCUT2D eigenvalue weighted by atomic mass is 10.2. The van der Waals surface area contributed by atoms with Gasteiger partial charge in [-0.15, -0.1) is 0 Å². The van der Waals surface area contributed by atoms with Gasteiger partial charge in [-0.05, 0) is 45.0 Å². The fourth-order valence-electron chi connectivity index (χ4n) is 2.00. The van der Waals surface area contributed by atoms with E-state index in [1.165, 1.54) is 0 Å². The van der Waals surface area contributed by atoms with Crippen molar-refractivity contribution in [2.24, 2.45) is 0 Å². The fourth-order valence-corrected chi connectivity index (χ4v) is 2.00. The zero-order chi connectivity index (χ0) is 15.1. The average molecular weight is 285 g/mol. The molecule has 2 aromatic rings. The Morgan fingerprint density at radius 1 is 0.857 bits per heavy atom. The number of hydrogen-bond donors (Lipinski definition) is 1. The lowest BCUT2D eigenvalue weighted by Crippen LogP contribution is -2.23. The van der Waals surface area contributed by atoms with E-state index in [4.69, 9.17) is 9.47 Å². The Balaban J connectivity index is 1.90. The van der Waals surface area contributed by atoms with Gasteiger partial charge in [0, 0.05) is 0 Å². The molecule has 3 nitrogen and oxygen atoms in total. The molecule has 0 saturated heterocycles. The molecule has 0 aliphatic heterocycles. The molecule has 2 rings (SSSR count). The number of nitrogens with one attached hydrogen (secondary N) is 1. The topological polar surface area (TPSA) is 30.5 Å². The summed E-state index contributed by atoms with van der Waals surface area (Å²) in [5, 5.41) is 3.39. The first-order valence-corrected chi connectivity index (χ1v) is 7.36. The zero-order valence-corrected chi connectivity index (χ0v) is 12.9. The first-order valence-electron chi connectivity index (χ1n) is 7.36. The SMILES string of the molecule is CC(C)Oc1ccccc1NCC(C)Oc1ccccc1. The van der Waals surface area contributed by atoms with E-state index in [0.29, 0.717) is 6.54 Å². The normalized spacial score (nSPS) is 12.0. The first kappa shape index (κ1) is 15.2. The van der Waals surface area contributed by atoms with Crippen LogP contribution in [0.5, 0.6) is 11.5 Å². The van der Waals surface area contributed by atoms with Gasteiger partial charge in [0.1, 0.15) is 17.6 Å². The van der Waals surface area contributed by atoms with Crippen LogP contribution in [0.3, 0.4) is 0 Å². The van der Waals surface area contributed by atoms with E-state index in [0.717, 1.165) is 17.2 Å². The second kappa shape index (κ2) is 7.58. The second-order valence-electron chi connectivity index (χ2n) is 5.29. The van der Waals surface area contributed by atoms with Gasteiger partial charge in [0.05, 0.1) is 18.3 Å². The van der Waals surface area contributed by atoms with Crippen molar-refractivity contribution in [3.05, 3.63) is 54.6 Å². The summed E-state index contributed by atoms with van der Waals surface area (Å²) in [6.45, 7) is 6.81. The molecule has 0 heterocycles. The number of benzene rings is 2. The fraction of sp³-hybridized carbons (Fsp3) is 0.333. The zero-order valence-electron chi connectivity index (χ0n) is 12.9. The molecule has 0 aromatic heterocycles. The second-order valence-corrected chi connectivity index (χ2v) is 5.29. The lowest BCUT2D eigenvalue weighted by molar-refractivity contribution is 0.232. The summed E-state index contributed by atoms with van der Waals surface area (Å²) >= 11 is 0. The van der Waals surface area contributed by atoms with Gasteiger partial charge in [0.25, 0.3) is 0 Å². The molecule has 0 spiro atoms. The van der Waals surface area contributed by atoms with Gasteiger partial charge >= 0.3 is 0 Å². The van der Waals surface area contributed by atoms with Crippen LogP contribution < -0.4 is 14.8 Å². The Kier molecular flexibility index (Phi) is 5.50. The molecule has 0 bridgehead atoms. The monoisotopic (exact) mass is 285 g/mol. The molecule has 1 N–H and O–H groups in total. The predicted molar refractivity (Wildman–Crippen MR) is 87.2 cm³/mol. The summed E-state index contributed by atoms with van der Waals surface area (Å²) in [5.41, 5.74) is 0.995. The van der Waals surface area contributed by atoms with E-state index in [9.17, 15) is 0 Å². The van der Waals surface area contributed by atoms with Crippen LogP contribution in [-0.2, 0) is 0 Å². The Morgan fingerprint density at radius 3 is 2.24 bits per heavy atom. The predicted octanol–water partition coefficient (Wildman–Crippen LogP) is 4.35. The van der Waals surface area contributed by atoms with Gasteiger partial charge in [-0.1, -0.05) is 30.3 Å². The summed E-state index contributed by atoms with van der Waals surface area (Å²) < 4.78 is 11.6. The Morgan fingerprint density at radius 2 is 1.52 bits per heavy atom. The van der Waals surface area contributed by atoms with Gasteiger partial charge in [-0.3, -0.25) is 0 Å².